The zero-order valence-electron chi connectivity index (χ0n) is 12.0. The van der Waals surface area contributed by atoms with Crippen molar-refractivity contribution in [3.8, 4) is 0 Å². The first-order chi connectivity index (χ1) is 9.99. The standard InChI is InChI=1S/C12H17N5O2S2/c1-17(4-5-19-2)10-6-7(13)8(9(14)18)21-11(6)16-12(15-10)20-3/h4-5,13H2,1-3H3,(H2,14,18). The molecule has 0 atom stereocenters. The van der Waals surface area contributed by atoms with Crippen LogP contribution in [0.1, 0.15) is 9.67 Å². The Morgan fingerprint density at radius 3 is 2.76 bits per heavy atom. The predicted molar refractivity (Wildman–Crippen MR) is 87.3 cm³/mol. The summed E-state index contributed by atoms with van der Waals surface area (Å²) in [6.45, 7) is 1.21. The topological polar surface area (TPSA) is 107 Å². The number of amides is 1. The molecule has 0 unspecified atom stereocenters. The van der Waals surface area contributed by atoms with E-state index in [-0.39, 0.29) is 0 Å². The third-order valence-corrected chi connectivity index (χ3v) is 4.61. The molecule has 0 spiro atoms. The van der Waals surface area contributed by atoms with Crippen molar-refractivity contribution in [1.82, 2.24) is 9.97 Å². The quantitative estimate of drug-likeness (QED) is 0.606. The number of anilines is 2. The van der Waals surface area contributed by atoms with E-state index in [2.05, 4.69) is 9.97 Å². The number of methoxy groups -OCH3 is 1. The lowest BCUT2D eigenvalue weighted by Crippen LogP contribution is -2.23. The van der Waals surface area contributed by atoms with Crippen LogP contribution in [0.25, 0.3) is 10.2 Å². The Labute approximate surface area is 130 Å². The highest BCUT2D eigenvalue weighted by molar-refractivity contribution is 7.98. The third-order valence-electron chi connectivity index (χ3n) is 2.95. The first-order valence-corrected chi connectivity index (χ1v) is 8.17. The molecule has 0 aromatic carbocycles. The molecule has 0 aliphatic carbocycles. The number of thioether (sulfide) groups is 1. The van der Waals surface area contributed by atoms with Crippen LogP contribution in [-0.2, 0) is 4.74 Å². The van der Waals surface area contributed by atoms with E-state index >= 15 is 0 Å². The molecule has 4 N–H and O–H groups in total. The summed E-state index contributed by atoms with van der Waals surface area (Å²) in [6, 6.07) is 0. The maximum Gasteiger partial charge on any atom is 0.260 e. The molecule has 2 rings (SSSR count). The Morgan fingerprint density at radius 1 is 1.48 bits per heavy atom. The highest BCUT2D eigenvalue weighted by Gasteiger charge is 2.21. The van der Waals surface area contributed by atoms with Crippen LogP contribution < -0.4 is 16.4 Å². The first kappa shape index (κ1) is 15.8. The number of rotatable bonds is 6. The van der Waals surface area contributed by atoms with Crippen molar-refractivity contribution in [2.75, 3.05) is 44.2 Å². The van der Waals surface area contributed by atoms with Gasteiger partial charge >= 0.3 is 0 Å². The molecule has 21 heavy (non-hydrogen) atoms. The van der Waals surface area contributed by atoms with Gasteiger partial charge in [0.05, 0.1) is 17.7 Å². The highest BCUT2D eigenvalue weighted by atomic mass is 32.2. The zero-order chi connectivity index (χ0) is 15.6. The van der Waals surface area contributed by atoms with E-state index in [0.717, 1.165) is 0 Å². The number of ether oxygens (including phenoxy) is 1. The molecule has 0 fully saturated rings. The molecule has 0 saturated carbocycles. The van der Waals surface area contributed by atoms with Crippen molar-refractivity contribution in [2.45, 2.75) is 5.16 Å². The van der Waals surface area contributed by atoms with E-state index in [0.29, 0.717) is 44.9 Å². The van der Waals surface area contributed by atoms with Crippen molar-refractivity contribution < 1.29 is 9.53 Å². The maximum atomic E-state index is 11.5. The average molecular weight is 327 g/mol. The number of nitrogens with zero attached hydrogens (tertiary/aromatic N) is 3. The van der Waals surface area contributed by atoms with Crippen molar-refractivity contribution in [2.24, 2.45) is 5.73 Å². The molecule has 2 aromatic heterocycles. The van der Waals surface area contributed by atoms with Crippen LogP contribution in [0.2, 0.25) is 0 Å². The lowest BCUT2D eigenvalue weighted by atomic mass is 10.2. The summed E-state index contributed by atoms with van der Waals surface area (Å²) < 4.78 is 5.08. The van der Waals surface area contributed by atoms with Crippen LogP contribution in [0.4, 0.5) is 11.5 Å². The number of aromatic nitrogens is 2. The highest BCUT2D eigenvalue weighted by Crippen LogP contribution is 2.38. The Morgan fingerprint density at radius 2 is 2.19 bits per heavy atom. The second kappa shape index (κ2) is 6.46. The van der Waals surface area contributed by atoms with Gasteiger partial charge in [-0.15, -0.1) is 11.3 Å². The normalized spacial score (nSPS) is 11.0. The SMILES string of the molecule is COCCN(C)c1nc(SC)nc2sc(C(N)=O)c(N)c12. The summed E-state index contributed by atoms with van der Waals surface area (Å²) in [5.41, 5.74) is 11.8. The number of nitrogens with two attached hydrogens (primary N) is 2. The lowest BCUT2D eigenvalue weighted by Gasteiger charge is -2.19. The number of nitrogen functional groups attached to an aromatic ring is 1. The van der Waals surface area contributed by atoms with Crippen molar-refractivity contribution in [1.29, 1.82) is 0 Å². The van der Waals surface area contributed by atoms with E-state index in [1.165, 1.54) is 23.1 Å². The number of fused-ring (bicyclic) bond motifs is 1. The number of thiophene rings is 1. The van der Waals surface area contributed by atoms with Gasteiger partial charge in [0.1, 0.15) is 15.5 Å². The number of primary amides is 1. The van der Waals surface area contributed by atoms with Crippen LogP contribution in [0.5, 0.6) is 0 Å². The molecular formula is C12H17N5O2S2. The fourth-order valence-corrected chi connectivity index (χ4v) is 3.23. The molecule has 2 aromatic rings. The number of hydrogen-bond acceptors (Lipinski definition) is 8. The molecule has 1 amide bonds. The van der Waals surface area contributed by atoms with Gasteiger partial charge < -0.3 is 21.1 Å². The second-order valence-corrected chi connectivity index (χ2v) is 6.11. The van der Waals surface area contributed by atoms with E-state index in [1.807, 2.05) is 18.2 Å². The Kier molecular flexibility index (Phi) is 4.86. The molecule has 7 nitrogen and oxygen atoms in total. The number of hydrogen-bond donors (Lipinski definition) is 2. The summed E-state index contributed by atoms with van der Waals surface area (Å²) in [4.78, 5) is 23.3. The van der Waals surface area contributed by atoms with Gasteiger partial charge in [0.15, 0.2) is 5.16 Å². The van der Waals surface area contributed by atoms with Crippen LogP contribution in [0.3, 0.4) is 0 Å². The van der Waals surface area contributed by atoms with Gasteiger partial charge in [-0.3, -0.25) is 4.79 Å². The minimum Gasteiger partial charge on any atom is -0.397 e. The summed E-state index contributed by atoms with van der Waals surface area (Å²) >= 11 is 2.63. The number of carbonyl (C=O) groups is 1. The van der Waals surface area contributed by atoms with E-state index in [1.54, 1.807) is 7.11 Å². The summed E-state index contributed by atoms with van der Waals surface area (Å²) in [5.74, 6) is 0.134. The van der Waals surface area contributed by atoms with Gasteiger partial charge in [0.25, 0.3) is 5.91 Å². The molecule has 0 radical (unpaired) electrons. The van der Waals surface area contributed by atoms with E-state index in [9.17, 15) is 4.79 Å². The molecule has 9 heteroatoms. The van der Waals surface area contributed by atoms with Crippen LogP contribution in [0, 0.1) is 0 Å². The average Bonchev–Trinajstić information content (AvgIpc) is 2.81. The van der Waals surface area contributed by atoms with E-state index < -0.39 is 5.91 Å². The fraction of sp³-hybridized carbons (Fsp3) is 0.417. The molecule has 0 saturated heterocycles. The smallest absolute Gasteiger partial charge is 0.260 e. The Bertz CT molecular complexity index is 673. The summed E-state index contributed by atoms with van der Waals surface area (Å²) in [6.07, 6.45) is 1.89. The zero-order valence-corrected chi connectivity index (χ0v) is 13.7. The molecular weight excluding hydrogens is 310 g/mol. The van der Waals surface area contributed by atoms with Crippen molar-refractivity contribution >= 4 is 50.7 Å². The van der Waals surface area contributed by atoms with Gasteiger partial charge in [-0.1, -0.05) is 11.8 Å². The largest absolute Gasteiger partial charge is 0.397 e. The van der Waals surface area contributed by atoms with Gasteiger partial charge in [-0.2, -0.15) is 0 Å². The molecule has 2 heterocycles. The first-order valence-electron chi connectivity index (χ1n) is 6.13. The molecule has 0 bridgehead atoms. The fourth-order valence-electron chi connectivity index (χ4n) is 1.87. The Balaban J connectivity index is 2.63. The van der Waals surface area contributed by atoms with Crippen LogP contribution in [-0.4, -0.2) is 49.4 Å². The van der Waals surface area contributed by atoms with Crippen LogP contribution >= 0.6 is 23.1 Å². The van der Waals surface area contributed by atoms with Gasteiger partial charge in [0, 0.05) is 20.7 Å². The summed E-state index contributed by atoms with van der Waals surface area (Å²) in [5, 5.41) is 1.30. The number of likely N-dealkylation sites (N-methyl/N-ethyl adjacent to an activating group) is 1. The van der Waals surface area contributed by atoms with Gasteiger partial charge in [0.2, 0.25) is 0 Å². The predicted octanol–water partition coefficient (Wildman–Crippen LogP) is 1.18. The third kappa shape index (κ3) is 3.04. The maximum absolute atomic E-state index is 11.5. The second-order valence-electron chi connectivity index (χ2n) is 4.34. The molecule has 114 valence electrons. The van der Waals surface area contributed by atoms with Crippen molar-refractivity contribution in [3.63, 3.8) is 0 Å². The summed E-state index contributed by atoms with van der Waals surface area (Å²) in [7, 11) is 3.53. The van der Waals surface area contributed by atoms with E-state index in [4.69, 9.17) is 16.2 Å². The van der Waals surface area contributed by atoms with Crippen molar-refractivity contribution in [3.05, 3.63) is 4.88 Å². The Hall–Kier alpha value is -1.58. The minimum absolute atomic E-state index is 0.318. The lowest BCUT2D eigenvalue weighted by molar-refractivity contribution is 0.100. The van der Waals surface area contributed by atoms with Gasteiger partial charge in [-0.25, -0.2) is 9.97 Å². The minimum atomic E-state index is -0.549. The van der Waals surface area contributed by atoms with Crippen LogP contribution in [0.15, 0.2) is 5.16 Å². The monoisotopic (exact) mass is 327 g/mol. The van der Waals surface area contributed by atoms with Gasteiger partial charge in [-0.05, 0) is 6.26 Å². The molecule has 0 aliphatic rings. The number of carbonyl (C=O) groups excluding carboxylic acids is 1. The molecule has 0 aliphatic heterocycles.